The van der Waals surface area contributed by atoms with Crippen LogP contribution in [0.25, 0.3) is 6.08 Å². The quantitative estimate of drug-likeness (QED) is 0.771. The summed E-state index contributed by atoms with van der Waals surface area (Å²) < 4.78 is 5.47. The third-order valence-corrected chi connectivity index (χ3v) is 2.54. The maximum Gasteiger partial charge on any atom is 0.213 e. The molecule has 0 saturated heterocycles. The molecule has 1 N–H and O–H groups in total. The normalized spacial score (nSPS) is 10.7. The summed E-state index contributed by atoms with van der Waals surface area (Å²) in [6, 6.07) is 15.9. The van der Waals surface area contributed by atoms with Crippen LogP contribution in [0.4, 0.5) is 0 Å². The van der Waals surface area contributed by atoms with Crippen LogP contribution < -0.4 is 10.1 Å². The first-order chi connectivity index (χ1) is 9.45. The summed E-state index contributed by atoms with van der Waals surface area (Å²) in [6.45, 7) is 2.26. The predicted octanol–water partition coefficient (Wildman–Crippen LogP) is 2.76. The minimum absolute atomic E-state index is 0.621. The van der Waals surface area contributed by atoms with E-state index in [4.69, 9.17) is 4.74 Å². The van der Waals surface area contributed by atoms with Crippen LogP contribution in [-0.2, 0) is 0 Å². The van der Waals surface area contributed by atoms with E-state index in [0.29, 0.717) is 12.5 Å². The molecular weight excluding hydrogens is 236 g/mol. The van der Waals surface area contributed by atoms with Gasteiger partial charge in [-0.25, -0.2) is 4.98 Å². The van der Waals surface area contributed by atoms with Crippen molar-refractivity contribution in [2.75, 3.05) is 19.7 Å². The van der Waals surface area contributed by atoms with Crippen molar-refractivity contribution in [2.24, 2.45) is 0 Å². The third kappa shape index (κ3) is 5.36. The van der Waals surface area contributed by atoms with Gasteiger partial charge in [0.2, 0.25) is 5.88 Å². The largest absolute Gasteiger partial charge is 0.476 e. The lowest BCUT2D eigenvalue weighted by atomic mass is 10.2. The number of ether oxygens (including phenoxy) is 1. The van der Waals surface area contributed by atoms with Crippen LogP contribution in [0, 0.1) is 0 Å². The van der Waals surface area contributed by atoms with E-state index in [1.54, 1.807) is 6.20 Å². The van der Waals surface area contributed by atoms with Gasteiger partial charge in [0.15, 0.2) is 0 Å². The Morgan fingerprint density at radius 2 is 1.89 bits per heavy atom. The van der Waals surface area contributed by atoms with E-state index in [2.05, 4.69) is 34.6 Å². The van der Waals surface area contributed by atoms with Crippen molar-refractivity contribution in [1.82, 2.24) is 10.3 Å². The molecule has 1 heterocycles. The van der Waals surface area contributed by atoms with E-state index in [0.717, 1.165) is 13.1 Å². The monoisotopic (exact) mass is 254 g/mol. The number of aromatic nitrogens is 1. The van der Waals surface area contributed by atoms with Crippen LogP contribution in [0.1, 0.15) is 5.56 Å². The molecule has 0 bridgehead atoms. The number of nitrogens with zero attached hydrogens (tertiary/aromatic N) is 1. The summed E-state index contributed by atoms with van der Waals surface area (Å²) in [4.78, 5) is 4.09. The first-order valence-electron chi connectivity index (χ1n) is 6.41. The molecule has 0 unspecified atom stereocenters. The maximum atomic E-state index is 5.47. The maximum absolute atomic E-state index is 5.47. The Morgan fingerprint density at radius 3 is 2.68 bits per heavy atom. The molecule has 0 radical (unpaired) electrons. The molecule has 0 aliphatic rings. The van der Waals surface area contributed by atoms with Gasteiger partial charge in [0, 0.05) is 25.4 Å². The first-order valence-corrected chi connectivity index (χ1v) is 6.41. The number of hydrogen-bond acceptors (Lipinski definition) is 3. The molecule has 3 heteroatoms. The average Bonchev–Trinajstić information content (AvgIpc) is 2.48. The summed E-state index contributed by atoms with van der Waals surface area (Å²) in [5.74, 6) is 0.670. The van der Waals surface area contributed by atoms with E-state index in [-0.39, 0.29) is 0 Å². The molecule has 1 aromatic heterocycles. The second-order valence-electron chi connectivity index (χ2n) is 4.03. The molecule has 2 aromatic rings. The topological polar surface area (TPSA) is 34.1 Å². The summed E-state index contributed by atoms with van der Waals surface area (Å²) in [6.07, 6.45) is 5.94. The smallest absolute Gasteiger partial charge is 0.213 e. The predicted molar refractivity (Wildman–Crippen MR) is 78.1 cm³/mol. The fraction of sp³-hybridized carbons (Fsp3) is 0.188. The van der Waals surface area contributed by atoms with Crippen LogP contribution >= 0.6 is 0 Å². The van der Waals surface area contributed by atoms with Crippen molar-refractivity contribution in [3.8, 4) is 5.88 Å². The highest BCUT2D eigenvalue weighted by molar-refractivity contribution is 5.48. The van der Waals surface area contributed by atoms with Crippen molar-refractivity contribution in [3.63, 3.8) is 0 Å². The fourth-order valence-electron chi connectivity index (χ4n) is 1.60. The lowest BCUT2D eigenvalue weighted by Crippen LogP contribution is -2.21. The Bertz CT molecular complexity index is 483. The van der Waals surface area contributed by atoms with Crippen LogP contribution in [-0.4, -0.2) is 24.7 Å². The van der Waals surface area contributed by atoms with Crippen molar-refractivity contribution < 1.29 is 4.74 Å². The zero-order valence-electron chi connectivity index (χ0n) is 10.8. The van der Waals surface area contributed by atoms with Crippen molar-refractivity contribution in [3.05, 3.63) is 66.4 Å². The lowest BCUT2D eigenvalue weighted by Gasteiger charge is -2.04. The highest BCUT2D eigenvalue weighted by Crippen LogP contribution is 2.02. The number of pyridine rings is 1. The highest BCUT2D eigenvalue weighted by Gasteiger charge is 1.91. The van der Waals surface area contributed by atoms with Gasteiger partial charge in [-0.15, -0.1) is 0 Å². The van der Waals surface area contributed by atoms with Crippen LogP contribution in [0.15, 0.2) is 60.8 Å². The molecule has 0 aliphatic carbocycles. The zero-order chi connectivity index (χ0) is 13.2. The molecule has 0 atom stereocenters. The first kappa shape index (κ1) is 13.3. The molecule has 98 valence electrons. The summed E-state index contributed by atoms with van der Waals surface area (Å²) in [5, 5.41) is 3.29. The second kappa shape index (κ2) is 8.06. The number of rotatable bonds is 7. The Balaban J connectivity index is 1.56. The number of nitrogens with one attached hydrogen (secondary N) is 1. The molecule has 0 saturated carbocycles. The molecule has 19 heavy (non-hydrogen) atoms. The Labute approximate surface area is 114 Å². The van der Waals surface area contributed by atoms with Gasteiger partial charge in [-0.2, -0.15) is 0 Å². The van der Waals surface area contributed by atoms with Crippen LogP contribution in [0.3, 0.4) is 0 Å². The molecule has 0 aliphatic heterocycles. The minimum atomic E-state index is 0.621. The van der Waals surface area contributed by atoms with Crippen LogP contribution in [0.2, 0.25) is 0 Å². The van der Waals surface area contributed by atoms with E-state index >= 15 is 0 Å². The average molecular weight is 254 g/mol. The van der Waals surface area contributed by atoms with Gasteiger partial charge in [0.1, 0.15) is 6.61 Å². The molecule has 1 aromatic carbocycles. The van der Waals surface area contributed by atoms with Crippen molar-refractivity contribution >= 4 is 6.08 Å². The van der Waals surface area contributed by atoms with Gasteiger partial charge < -0.3 is 10.1 Å². The zero-order valence-corrected chi connectivity index (χ0v) is 10.8. The standard InChI is InChI=1S/C16H18N2O/c1-2-7-15(8-3-1)9-6-11-17-13-14-19-16-10-4-5-12-18-16/h1-10,12,17H,11,13-14H2/b9-6-. The van der Waals surface area contributed by atoms with E-state index < -0.39 is 0 Å². The molecular formula is C16H18N2O. The summed E-state index contributed by atoms with van der Waals surface area (Å²) >= 11 is 0. The molecule has 0 amide bonds. The highest BCUT2D eigenvalue weighted by atomic mass is 16.5. The van der Waals surface area contributed by atoms with Gasteiger partial charge in [0.05, 0.1) is 0 Å². The Kier molecular flexibility index (Phi) is 5.64. The SMILES string of the molecule is C(=C/c1ccccc1)/CNCCOc1ccccn1. The Hall–Kier alpha value is -2.13. The van der Waals surface area contributed by atoms with Crippen LogP contribution in [0.5, 0.6) is 5.88 Å². The molecule has 0 spiro atoms. The fourth-order valence-corrected chi connectivity index (χ4v) is 1.60. The van der Waals surface area contributed by atoms with Crippen molar-refractivity contribution in [2.45, 2.75) is 0 Å². The second-order valence-corrected chi connectivity index (χ2v) is 4.03. The third-order valence-electron chi connectivity index (χ3n) is 2.54. The molecule has 2 rings (SSSR count). The van der Waals surface area contributed by atoms with Gasteiger partial charge in [0.25, 0.3) is 0 Å². The van der Waals surface area contributed by atoms with Gasteiger partial charge in [-0.1, -0.05) is 48.6 Å². The van der Waals surface area contributed by atoms with Gasteiger partial charge >= 0.3 is 0 Å². The van der Waals surface area contributed by atoms with Gasteiger partial charge in [-0.3, -0.25) is 0 Å². The lowest BCUT2D eigenvalue weighted by molar-refractivity contribution is 0.304. The van der Waals surface area contributed by atoms with E-state index in [9.17, 15) is 0 Å². The molecule has 0 fully saturated rings. The number of hydrogen-bond donors (Lipinski definition) is 1. The van der Waals surface area contributed by atoms with Gasteiger partial charge in [-0.05, 0) is 11.6 Å². The Morgan fingerprint density at radius 1 is 1.05 bits per heavy atom. The molecule has 3 nitrogen and oxygen atoms in total. The van der Waals surface area contributed by atoms with Crippen molar-refractivity contribution in [1.29, 1.82) is 0 Å². The minimum Gasteiger partial charge on any atom is -0.476 e. The van der Waals surface area contributed by atoms with E-state index in [1.807, 2.05) is 36.4 Å². The summed E-state index contributed by atoms with van der Waals surface area (Å²) in [5.41, 5.74) is 1.22. The van der Waals surface area contributed by atoms with E-state index in [1.165, 1.54) is 5.56 Å². The summed E-state index contributed by atoms with van der Waals surface area (Å²) in [7, 11) is 0. The number of benzene rings is 1.